The summed E-state index contributed by atoms with van der Waals surface area (Å²) in [5, 5.41) is 3.97. The molecule has 36 heavy (non-hydrogen) atoms. The van der Waals surface area contributed by atoms with Crippen molar-refractivity contribution < 1.29 is 18.0 Å². The molecule has 2 heterocycles. The number of rotatable bonds is 8. The Labute approximate surface area is 214 Å². The number of hydrogen-bond donors (Lipinski definition) is 0. The van der Waals surface area contributed by atoms with Gasteiger partial charge in [-0.25, -0.2) is 13.2 Å². The van der Waals surface area contributed by atoms with Crippen molar-refractivity contribution in [3.05, 3.63) is 105 Å². The fraction of sp³-hybridized carbons (Fsp3) is 0.333. The molecule has 192 valence electrons. The van der Waals surface area contributed by atoms with Gasteiger partial charge < -0.3 is 9.40 Å². The molecule has 0 atom stereocenters. The molecule has 1 saturated heterocycles. The average Bonchev–Trinajstić information content (AvgIpc) is 2.87. The van der Waals surface area contributed by atoms with Gasteiger partial charge in [-0.2, -0.15) is 0 Å². The number of pyridine rings is 1. The summed E-state index contributed by atoms with van der Waals surface area (Å²) in [6.07, 6.45) is 1.96. The van der Waals surface area contributed by atoms with Gasteiger partial charge in [0.25, 0.3) is 0 Å². The summed E-state index contributed by atoms with van der Waals surface area (Å²) in [7, 11) is 1.83. The van der Waals surface area contributed by atoms with Crippen LogP contribution in [0.1, 0.15) is 41.1 Å². The van der Waals surface area contributed by atoms with Crippen LogP contribution < -0.4 is 5.56 Å². The van der Waals surface area contributed by atoms with Crippen LogP contribution in [-0.2, 0) is 18.4 Å². The lowest BCUT2D eigenvalue weighted by Gasteiger charge is -2.32. The van der Waals surface area contributed by atoms with Crippen LogP contribution in [0, 0.1) is 11.6 Å². The number of piperidine rings is 1. The second-order valence-corrected chi connectivity index (χ2v) is 8.69. The zero-order chi connectivity index (χ0) is 24.8. The third kappa shape index (κ3) is 6.56. The zero-order valence-corrected chi connectivity index (χ0v) is 20.8. The molecule has 9 heteroatoms. The largest absolute Gasteiger partial charge is 0.392 e. The Morgan fingerprint density at radius 1 is 1.00 bits per heavy atom. The fourth-order valence-electron chi connectivity index (χ4n) is 4.46. The Bertz CT molecular complexity index is 1240. The van der Waals surface area contributed by atoms with Crippen molar-refractivity contribution in [2.45, 2.75) is 25.3 Å². The molecule has 5 nitrogen and oxygen atoms in total. The molecule has 3 aromatic rings. The number of aromatic nitrogens is 1. The predicted octanol–water partition coefficient (Wildman–Crippen LogP) is 5.20. The second kappa shape index (κ2) is 12.7. The molecule has 1 aromatic heterocycles. The van der Waals surface area contributed by atoms with Crippen LogP contribution in [0.3, 0.4) is 0 Å². The summed E-state index contributed by atoms with van der Waals surface area (Å²) in [5.74, 6) is -1.57. The molecule has 0 amide bonds. The fourth-order valence-corrected chi connectivity index (χ4v) is 4.46. The summed E-state index contributed by atoms with van der Waals surface area (Å²) >= 11 is 0. The van der Waals surface area contributed by atoms with Gasteiger partial charge in [0.1, 0.15) is 19.0 Å². The molecule has 0 saturated carbocycles. The van der Waals surface area contributed by atoms with E-state index in [9.17, 15) is 18.0 Å². The minimum atomic E-state index is -0.990. The van der Waals surface area contributed by atoms with Crippen LogP contribution in [0.5, 0.6) is 0 Å². The molecule has 1 aliphatic heterocycles. The lowest BCUT2D eigenvalue weighted by atomic mass is 9.92. The van der Waals surface area contributed by atoms with Crippen LogP contribution in [0.25, 0.3) is 0 Å². The number of nitrogens with zero attached hydrogens (tertiary/aromatic N) is 3. The number of hydrogen-bond acceptors (Lipinski definition) is 4. The Hall–Kier alpha value is -3.10. The van der Waals surface area contributed by atoms with E-state index in [0.717, 1.165) is 55.9 Å². The first kappa shape index (κ1) is 27.5. The first-order chi connectivity index (χ1) is 17.0. The Kier molecular flexibility index (Phi) is 9.73. The standard InChI is InChI=1S/C27H28F3N3O2.ClH/c1-32-25(3-2-4-26(32)34)20-11-14-33(15-12-20)18-19-5-7-21(8-6-19)27(31-35-16-13-28)22-9-10-23(29)24(30)17-22;/h2-10,17,20H,11-16,18H2,1H3;1H/b31-27-;. The van der Waals surface area contributed by atoms with E-state index in [1.807, 2.05) is 43.4 Å². The van der Waals surface area contributed by atoms with E-state index in [1.54, 1.807) is 10.6 Å². The van der Waals surface area contributed by atoms with Crippen molar-refractivity contribution in [2.75, 3.05) is 26.4 Å². The third-order valence-corrected chi connectivity index (χ3v) is 6.38. The Morgan fingerprint density at radius 3 is 2.36 bits per heavy atom. The lowest BCUT2D eigenvalue weighted by Crippen LogP contribution is -2.34. The van der Waals surface area contributed by atoms with E-state index in [0.29, 0.717) is 22.8 Å². The maximum absolute atomic E-state index is 13.8. The van der Waals surface area contributed by atoms with Crippen molar-refractivity contribution in [3.63, 3.8) is 0 Å². The van der Waals surface area contributed by atoms with Crippen molar-refractivity contribution in [1.29, 1.82) is 0 Å². The lowest BCUT2D eigenvalue weighted by molar-refractivity contribution is 0.128. The molecular formula is C27H29ClF3N3O2. The van der Waals surface area contributed by atoms with Crippen LogP contribution in [0.2, 0.25) is 0 Å². The maximum atomic E-state index is 13.8. The molecule has 0 radical (unpaired) electrons. The molecule has 0 aliphatic carbocycles. The summed E-state index contributed by atoms with van der Waals surface area (Å²) in [6, 6.07) is 16.6. The van der Waals surface area contributed by atoms with E-state index in [2.05, 4.69) is 10.1 Å². The van der Waals surface area contributed by atoms with Crippen LogP contribution >= 0.6 is 12.4 Å². The predicted molar refractivity (Wildman–Crippen MR) is 137 cm³/mol. The van der Waals surface area contributed by atoms with Gasteiger partial charge in [-0.1, -0.05) is 35.5 Å². The minimum absolute atomic E-state index is 0. The van der Waals surface area contributed by atoms with E-state index < -0.39 is 18.3 Å². The van der Waals surface area contributed by atoms with Crippen LogP contribution in [0.4, 0.5) is 13.2 Å². The number of benzene rings is 2. The molecule has 1 aliphatic rings. The van der Waals surface area contributed by atoms with Gasteiger partial charge in [0.15, 0.2) is 11.6 Å². The first-order valence-electron chi connectivity index (χ1n) is 11.6. The van der Waals surface area contributed by atoms with Gasteiger partial charge in [0.05, 0.1) is 0 Å². The van der Waals surface area contributed by atoms with Gasteiger partial charge in [-0.05, 0) is 55.8 Å². The quantitative estimate of drug-likeness (QED) is 0.233. The third-order valence-electron chi connectivity index (χ3n) is 6.38. The van der Waals surface area contributed by atoms with E-state index in [-0.39, 0.29) is 24.6 Å². The monoisotopic (exact) mass is 519 g/mol. The van der Waals surface area contributed by atoms with Gasteiger partial charge in [0.2, 0.25) is 5.56 Å². The smallest absolute Gasteiger partial charge is 0.250 e. The van der Waals surface area contributed by atoms with E-state index >= 15 is 0 Å². The summed E-state index contributed by atoms with van der Waals surface area (Å²) < 4.78 is 41.4. The molecule has 0 unspecified atom stereocenters. The van der Waals surface area contributed by atoms with Crippen molar-refractivity contribution in [1.82, 2.24) is 9.47 Å². The number of halogens is 4. The molecule has 0 N–H and O–H groups in total. The van der Waals surface area contributed by atoms with Gasteiger partial charge >= 0.3 is 0 Å². The Morgan fingerprint density at radius 2 is 1.69 bits per heavy atom. The second-order valence-electron chi connectivity index (χ2n) is 8.69. The van der Waals surface area contributed by atoms with Crippen molar-refractivity contribution in [3.8, 4) is 0 Å². The highest BCUT2D eigenvalue weighted by Gasteiger charge is 2.22. The summed E-state index contributed by atoms with van der Waals surface area (Å²) in [4.78, 5) is 19.3. The van der Waals surface area contributed by atoms with Gasteiger partial charge in [-0.15, -0.1) is 12.4 Å². The molecule has 0 spiro atoms. The zero-order valence-electron chi connectivity index (χ0n) is 20.0. The highest BCUT2D eigenvalue weighted by atomic mass is 35.5. The van der Waals surface area contributed by atoms with Crippen molar-refractivity contribution in [2.24, 2.45) is 12.2 Å². The van der Waals surface area contributed by atoms with Crippen molar-refractivity contribution >= 4 is 18.1 Å². The normalized spacial score (nSPS) is 14.9. The molecule has 4 rings (SSSR count). The first-order valence-corrected chi connectivity index (χ1v) is 11.6. The SMILES string of the molecule is Cl.Cn1c(C2CCN(Cc3ccc(/C(=N/OCCF)c4ccc(F)c(F)c4)cc3)CC2)cccc1=O. The average molecular weight is 520 g/mol. The molecule has 2 aromatic carbocycles. The van der Waals surface area contributed by atoms with Gasteiger partial charge in [-0.3, -0.25) is 9.69 Å². The Balaban J connectivity index is 0.00000361. The summed E-state index contributed by atoms with van der Waals surface area (Å²) in [5.41, 5.74) is 3.51. The number of likely N-dealkylation sites (tertiary alicyclic amines) is 1. The highest BCUT2D eigenvalue weighted by Crippen LogP contribution is 2.28. The topological polar surface area (TPSA) is 46.8 Å². The number of oxime groups is 1. The highest BCUT2D eigenvalue weighted by molar-refractivity contribution is 6.12. The molecule has 1 fully saturated rings. The summed E-state index contributed by atoms with van der Waals surface area (Å²) in [6.45, 7) is 1.70. The maximum Gasteiger partial charge on any atom is 0.250 e. The van der Waals surface area contributed by atoms with E-state index in [4.69, 9.17) is 4.84 Å². The van der Waals surface area contributed by atoms with Crippen LogP contribution in [0.15, 0.2) is 70.6 Å². The van der Waals surface area contributed by atoms with Gasteiger partial charge in [0, 0.05) is 42.4 Å². The minimum Gasteiger partial charge on any atom is -0.392 e. The van der Waals surface area contributed by atoms with Crippen LogP contribution in [-0.4, -0.2) is 41.5 Å². The van der Waals surface area contributed by atoms with E-state index in [1.165, 1.54) is 6.07 Å². The molecule has 0 bridgehead atoms. The number of alkyl halides is 1. The molecular weight excluding hydrogens is 491 g/mol.